The van der Waals surface area contributed by atoms with Crippen molar-refractivity contribution in [1.29, 1.82) is 0 Å². The molecule has 6 unspecified atom stereocenters. The standard InChI is InChI=1S/C25H46O12S/c1-3-4-5-6-7-8-9-10-11-12-13-14-15-33-17-20(35-19(2)27)18-34-25-23(29)24(37-38(30,31)32)22(28)21(16-26)36-25/h6-7,20-26,28-29H,3-5,8-18H2,1-2H3,(H,30,31,32)/b7-6-. The molecule has 1 saturated heterocycles. The molecular weight excluding hydrogens is 524 g/mol. The van der Waals surface area contributed by atoms with Gasteiger partial charge in [0.05, 0.1) is 19.8 Å². The number of hydrogen-bond acceptors (Lipinski definition) is 11. The van der Waals surface area contributed by atoms with Gasteiger partial charge in [0.15, 0.2) is 6.29 Å². The Morgan fingerprint density at radius 1 is 0.974 bits per heavy atom. The van der Waals surface area contributed by atoms with Gasteiger partial charge >= 0.3 is 16.4 Å². The fourth-order valence-electron chi connectivity index (χ4n) is 3.94. The minimum absolute atomic E-state index is 0.0176. The van der Waals surface area contributed by atoms with E-state index in [1.54, 1.807) is 0 Å². The Kier molecular flexibility index (Phi) is 18.2. The molecule has 13 heteroatoms. The molecule has 0 radical (unpaired) electrons. The Bertz CT molecular complexity index is 759. The van der Waals surface area contributed by atoms with E-state index in [4.69, 9.17) is 23.5 Å². The van der Waals surface area contributed by atoms with E-state index in [9.17, 15) is 28.5 Å². The number of esters is 1. The van der Waals surface area contributed by atoms with E-state index in [0.29, 0.717) is 6.61 Å². The van der Waals surface area contributed by atoms with Crippen molar-refractivity contribution in [1.82, 2.24) is 0 Å². The molecule has 1 fully saturated rings. The van der Waals surface area contributed by atoms with Crippen molar-refractivity contribution in [2.45, 2.75) is 115 Å². The average molecular weight is 571 g/mol. The third-order valence-electron chi connectivity index (χ3n) is 5.94. The Morgan fingerprint density at radius 2 is 1.61 bits per heavy atom. The molecule has 6 atom stereocenters. The van der Waals surface area contributed by atoms with E-state index in [1.165, 1.54) is 39.0 Å². The Morgan fingerprint density at radius 3 is 2.21 bits per heavy atom. The number of rotatable bonds is 21. The molecule has 0 bridgehead atoms. The SMILES string of the molecule is CCCC/C=C\CCCCCCCCOCC(COC1OC(CO)C(O)C(OS(=O)(=O)O)C1O)OC(C)=O. The normalized spacial score (nSPS) is 25.1. The number of ether oxygens (including phenoxy) is 4. The van der Waals surface area contributed by atoms with Gasteiger partial charge in [-0.15, -0.1) is 0 Å². The second-order valence-corrected chi connectivity index (χ2v) is 10.4. The maximum absolute atomic E-state index is 11.5. The zero-order chi connectivity index (χ0) is 28.4. The van der Waals surface area contributed by atoms with Crippen LogP contribution in [0.2, 0.25) is 0 Å². The van der Waals surface area contributed by atoms with Crippen LogP contribution in [-0.2, 0) is 38.3 Å². The molecule has 0 amide bonds. The summed E-state index contributed by atoms with van der Waals surface area (Å²) in [6.45, 7) is 2.85. The van der Waals surface area contributed by atoms with Crippen LogP contribution >= 0.6 is 0 Å². The van der Waals surface area contributed by atoms with Gasteiger partial charge in [0, 0.05) is 13.5 Å². The Balaban J connectivity index is 2.35. The maximum atomic E-state index is 11.5. The van der Waals surface area contributed by atoms with Gasteiger partial charge in [-0.2, -0.15) is 8.42 Å². The van der Waals surface area contributed by atoms with Crippen LogP contribution in [0.15, 0.2) is 12.2 Å². The van der Waals surface area contributed by atoms with E-state index in [1.807, 2.05) is 0 Å². The molecule has 12 nitrogen and oxygen atoms in total. The van der Waals surface area contributed by atoms with Crippen LogP contribution < -0.4 is 0 Å². The van der Waals surface area contributed by atoms with Crippen molar-refractivity contribution in [2.75, 3.05) is 26.4 Å². The van der Waals surface area contributed by atoms with Crippen LogP contribution in [0, 0.1) is 0 Å². The quantitative estimate of drug-likeness (QED) is 0.0684. The molecule has 0 aromatic carbocycles. The molecule has 0 aliphatic carbocycles. The first kappa shape index (κ1) is 34.9. The third kappa shape index (κ3) is 15.4. The second-order valence-electron chi connectivity index (χ2n) is 9.36. The van der Waals surface area contributed by atoms with Crippen molar-refractivity contribution < 1.29 is 56.2 Å². The predicted octanol–water partition coefficient (Wildman–Crippen LogP) is 2.06. The maximum Gasteiger partial charge on any atom is 0.397 e. The number of carbonyl (C=O) groups excluding carboxylic acids is 1. The van der Waals surface area contributed by atoms with Gasteiger partial charge in [-0.1, -0.05) is 57.6 Å². The molecule has 1 aliphatic heterocycles. The van der Waals surface area contributed by atoms with Gasteiger partial charge in [-0.3, -0.25) is 9.35 Å². The van der Waals surface area contributed by atoms with Gasteiger partial charge in [-0.05, 0) is 25.7 Å². The van der Waals surface area contributed by atoms with Crippen LogP contribution in [0.1, 0.15) is 78.1 Å². The average Bonchev–Trinajstić information content (AvgIpc) is 2.85. The lowest BCUT2D eigenvalue weighted by atomic mass is 9.99. The van der Waals surface area contributed by atoms with Crippen molar-refractivity contribution in [3.05, 3.63) is 12.2 Å². The van der Waals surface area contributed by atoms with Crippen molar-refractivity contribution in [2.24, 2.45) is 0 Å². The van der Waals surface area contributed by atoms with Crippen LogP contribution in [-0.4, -0.2) is 97.5 Å². The summed E-state index contributed by atoms with van der Waals surface area (Å²) in [5.41, 5.74) is 0. The topological polar surface area (TPSA) is 178 Å². The third-order valence-corrected chi connectivity index (χ3v) is 6.40. The molecule has 0 saturated carbocycles. The molecule has 0 aromatic rings. The van der Waals surface area contributed by atoms with Crippen LogP contribution in [0.4, 0.5) is 0 Å². The molecule has 1 heterocycles. The molecule has 38 heavy (non-hydrogen) atoms. The summed E-state index contributed by atoms with van der Waals surface area (Å²) >= 11 is 0. The number of aliphatic hydroxyl groups is 3. The largest absolute Gasteiger partial charge is 0.458 e. The van der Waals surface area contributed by atoms with Crippen LogP contribution in [0.3, 0.4) is 0 Å². The van der Waals surface area contributed by atoms with Gasteiger partial charge in [-0.25, -0.2) is 4.18 Å². The highest BCUT2D eigenvalue weighted by molar-refractivity contribution is 7.80. The summed E-state index contributed by atoms with van der Waals surface area (Å²) in [5, 5.41) is 29.8. The van der Waals surface area contributed by atoms with Crippen molar-refractivity contribution in [3.63, 3.8) is 0 Å². The van der Waals surface area contributed by atoms with Crippen molar-refractivity contribution in [3.8, 4) is 0 Å². The first-order valence-corrected chi connectivity index (χ1v) is 14.7. The Labute approximate surface area is 226 Å². The van der Waals surface area contributed by atoms with E-state index >= 15 is 0 Å². The van der Waals surface area contributed by atoms with Crippen LogP contribution in [0.25, 0.3) is 0 Å². The summed E-state index contributed by atoms with van der Waals surface area (Å²) < 4.78 is 56.9. The summed E-state index contributed by atoms with van der Waals surface area (Å²) in [5.74, 6) is -0.580. The lowest BCUT2D eigenvalue weighted by Crippen LogP contribution is -2.60. The first-order valence-electron chi connectivity index (χ1n) is 13.4. The fourth-order valence-corrected chi connectivity index (χ4v) is 4.45. The number of aliphatic hydroxyl groups excluding tert-OH is 3. The molecule has 0 spiro atoms. The monoisotopic (exact) mass is 570 g/mol. The highest BCUT2D eigenvalue weighted by Gasteiger charge is 2.47. The molecule has 224 valence electrons. The van der Waals surface area contributed by atoms with E-state index in [2.05, 4.69) is 23.3 Å². The van der Waals surface area contributed by atoms with Gasteiger partial charge in [0.2, 0.25) is 0 Å². The number of unbranched alkanes of at least 4 members (excludes halogenated alkanes) is 8. The minimum Gasteiger partial charge on any atom is -0.458 e. The smallest absolute Gasteiger partial charge is 0.397 e. The van der Waals surface area contributed by atoms with Crippen molar-refractivity contribution >= 4 is 16.4 Å². The number of carbonyl (C=O) groups is 1. The van der Waals surface area contributed by atoms with Gasteiger partial charge in [0.1, 0.15) is 30.5 Å². The number of hydrogen-bond donors (Lipinski definition) is 4. The first-order chi connectivity index (χ1) is 18.1. The molecule has 4 N–H and O–H groups in total. The highest BCUT2D eigenvalue weighted by atomic mass is 32.3. The molecule has 1 rings (SSSR count). The van der Waals surface area contributed by atoms with E-state index < -0.39 is 59.8 Å². The Hall–Kier alpha value is -1.16. The lowest BCUT2D eigenvalue weighted by molar-refractivity contribution is -0.301. The summed E-state index contributed by atoms with van der Waals surface area (Å²) in [7, 11) is -5.03. The summed E-state index contributed by atoms with van der Waals surface area (Å²) in [4.78, 5) is 11.5. The predicted molar refractivity (Wildman–Crippen MR) is 137 cm³/mol. The summed E-state index contributed by atoms with van der Waals surface area (Å²) in [6.07, 6.45) is 6.62. The fraction of sp³-hybridized carbons (Fsp3) is 0.880. The second kappa shape index (κ2) is 19.8. The van der Waals surface area contributed by atoms with E-state index in [-0.39, 0.29) is 13.2 Å². The molecule has 1 aliphatic rings. The lowest BCUT2D eigenvalue weighted by Gasteiger charge is -2.41. The molecular formula is C25H46O12S. The van der Waals surface area contributed by atoms with E-state index in [0.717, 1.165) is 32.1 Å². The zero-order valence-corrected chi connectivity index (χ0v) is 23.3. The van der Waals surface area contributed by atoms with Crippen LogP contribution in [0.5, 0.6) is 0 Å². The highest BCUT2D eigenvalue weighted by Crippen LogP contribution is 2.25. The zero-order valence-electron chi connectivity index (χ0n) is 22.5. The summed E-state index contributed by atoms with van der Waals surface area (Å²) in [6, 6.07) is 0. The minimum atomic E-state index is -5.03. The number of allylic oxidation sites excluding steroid dienone is 2. The molecule has 0 aromatic heterocycles. The van der Waals surface area contributed by atoms with Gasteiger partial charge < -0.3 is 34.3 Å². The van der Waals surface area contributed by atoms with Gasteiger partial charge in [0.25, 0.3) is 0 Å².